The predicted molar refractivity (Wildman–Crippen MR) is 72.2 cm³/mol. The molecule has 0 unspecified atom stereocenters. The van der Waals surface area contributed by atoms with Gasteiger partial charge in [-0.2, -0.15) is 0 Å². The van der Waals surface area contributed by atoms with Gasteiger partial charge in [-0.05, 0) is 19.1 Å². The standard InChI is InChI=1S/C12H13N3O2S/c1-7-6-14-12(18-7)15-11(16)9-4-3-8(17-2)5-10(9)13/h3-6H,13H2,1-2H3,(H,14,15,16). The number of nitrogens with zero attached hydrogens (tertiary/aromatic N) is 1. The smallest absolute Gasteiger partial charge is 0.259 e. The van der Waals surface area contributed by atoms with E-state index in [0.29, 0.717) is 22.1 Å². The molecule has 0 saturated carbocycles. The number of thiazole rings is 1. The summed E-state index contributed by atoms with van der Waals surface area (Å²) >= 11 is 1.42. The van der Waals surface area contributed by atoms with Gasteiger partial charge in [-0.15, -0.1) is 11.3 Å². The maximum Gasteiger partial charge on any atom is 0.259 e. The van der Waals surface area contributed by atoms with Crippen LogP contribution in [0.1, 0.15) is 15.2 Å². The molecule has 1 heterocycles. The first kappa shape index (κ1) is 12.4. The highest BCUT2D eigenvalue weighted by Crippen LogP contribution is 2.22. The molecule has 0 aliphatic rings. The molecule has 1 amide bonds. The number of nitrogens with two attached hydrogens (primary N) is 1. The summed E-state index contributed by atoms with van der Waals surface area (Å²) in [6.45, 7) is 1.93. The van der Waals surface area contributed by atoms with Gasteiger partial charge in [-0.25, -0.2) is 4.98 Å². The zero-order chi connectivity index (χ0) is 13.1. The molecule has 0 fully saturated rings. The predicted octanol–water partition coefficient (Wildman–Crippen LogP) is 2.29. The van der Waals surface area contributed by atoms with Crippen molar-refractivity contribution in [2.75, 3.05) is 18.2 Å². The van der Waals surface area contributed by atoms with Crippen LogP contribution < -0.4 is 15.8 Å². The highest BCUT2D eigenvalue weighted by Gasteiger charge is 2.12. The molecule has 3 N–H and O–H groups in total. The van der Waals surface area contributed by atoms with Gasteiger partial charge in [0.15, 0.2) is 5.13 Å². The van der Waals surface area contributed by atoms with Crippen LogP contribution in [0.3, 0.4) is 0 Å². The van der Waals surface area contributed by atoms with Crippen LogP contribution in [0.15, 0.2) is 24.4 Å². The fourth-order valence-corrected chi connectivity index (χ4v) is 2.11. The van der Waals surface area contributed by atoms with Crippen molar-refractivity contribution in [2.24, 2.45) is 0 Å². The van der Waals surface area contributed by atoms with Crippen molar-refractivity contribution in [3.05, 3.63) is 34.8 Å². The molecule has 0 atom stereocenters. The van der Waals surface area contributed by atoms with E-state index in [0.717, 1.165) is 4.88 Å². The number of aromatic nitrogens is 1. The van der Waals surface area contributed by atoms with E-state index in [2.05, 4.69) is 10.3 Å². The van der Waals surface area contributed by atoms with Crippen molar-refractivity contribution < 1.29 is 9.53 Å². The summed E-state index contributed by atoms with van der Waals surface area (Å²) in [6, 6.07) is 4.93. The summed E-state index contributed by atoms with van der Waals surface area (Å²) in [6.07, 6.45) is 1.71. The average molecular weight is 263 g/mol. The minimum absolute atomic E-state index is 0.274. The Balaban J connectivity index is 2.18. The summed E-state index contributed by atoms with van der Waals surface area (Å²) in [5, 5.41) is 3.27. The lowest BCUT2D eigenvalue weighted by atomic mass is 10.1. The number of carbonyl (C=O) groups excluding carboxylic acids is 1. The topological polar surface area (TPSA) is 77.2 Å². The van der Waals surface area contributed by atoms with Crippen LogP contribution in [0.2, 0.25) is 0 Å². The lowest BCUT2D eigenvalue weighted by Crippen LogP contribution is -2.13. The fraction of sp³-hybridized carbons (Fsp3) is 0.167. The molecule has 0 bridgehead atoms. The highest BCUT2D eigenvalue weighted by atomic mass is 32.1. The SMILES string of the molecule is COc1ccc(C(=O)Nc2ncc(C)s2)c(N)c1. The summed E-state index contributed by atoms with van der Waals surface area (Å²) in [4.78, 5) is 17.1. The fourth-order valence-electron chi connectivity index (χ4n) is 1.45. The number of nitrogens with one attached hydrogen (secondary N) is 1. The van der Waals surface area contributed by atoms with Gasteiger partial charge in [0.05, 0.1) is 12.7 Å². The molecule has 0 aliphatic heterocycles. The van der Waals surface area contributed by atoms with Gasteiger partial charge in [-0.1, -0.05) is 0 Å². The van der Waals surface area contributed by atoms with Gasteiger partial charge >= 0.3 is 0 Å². The van der Waals surface area contributed by atoms with Gasteiger partial charge < -0.3 is 10.5 Å². The van der Waals surface area contributed by atoms with Gasteiger partial charge in [0, 0.05) is 22.8 Å². The lowest BCUT2D eigenvalue weighted by molar-refractivity contribution is 0.102. The second kappa shape index (κ2) is 5.05. The number of hydrogen-bond donors (Lipinski definition) is 2. The number of rotatable bonds is 3. The molecule has 0 spiro atoms. The van der Waals surface area contributed by atoms with E-state index >= 15 is 0 Å². The van der Waals surface area contributed by atoms with E-state index in [1.54, 1.807) is 31.5 Å². The number of carbonyl (C=O) groups is 1. The molecule has 5 nitrogen and oxygen atoms in total. The molecular weight excluding hydrogens is 250 g/mol. The Morgan fingerprint density at radius 2 is 2.28 bits per heavy atom. The van der Waals surface area contributed by atoms with Gasteiger partial charge in [-0.3, -0.25) is 10.1 Å². The molecule has 0 saturated heterocycles. The van der Waals surface area contributed by atoms with E-state index < -0.39 is 0 Å². The van der Waals surface area contributed by atoms with Crippen molar-refractivity contribution in [2.45, 2.75) is 6.92 Å². The zero-order valence-corrected chi connectivity index (χ0v) is 10.9. The number of hydrogen-bond acceptors (Lipinski definition) is 5. The van der Waals surface area contributed by atoms with E-state index in [4.69, 9.17) is 10.5 Å². The summed E-state index contributed by atoms with van der Waals surface area (Å²) < 4.78 is 5.03. The number of methoxy groups -OCH3 is 1. The monoisotopic (exact) mass is 263 g/mol. The van der Waals surface area contributed by atoms with Gasteiger partial charge in [0.1, 0.15) is 5.75 Å². The summed E-state index contributed by atoms with van der Waals surface area (Å²) in [5.74, 6) is 0.346. The third-order valence-corrected chi connectivity index (χ3v) is 3.17. The molecule has 1 aromatic heterocycles. The zero-order valence-electron chi connectivity index (χ0n) is 10.1. The van der Waals surface area contributed by atoms with Crippen molar-refractivity contribution in [3.63, 3.8) is 0 Å². The van der Waals surface area contributed by atoms with Crippen molar-refractivity contribution >= 4 is 28.1 Å². The minimum atomic E-state index is -0.274. The quantitative estimate of drug-likeness (QED) is 0.833. The Bertz CT molecular complexity index is 580. The summed E-state index contributed by atoms with van der Waals surface area (Å²) in [5.41, 5.74) is 6.58. The number of anilines is 2. The van der Waals surface area contributed by atoms with Crippen LogP contribution in [-0.4, -0.2) is 18.0 Å². The van der Waals surface area contributed by atoms with Crippen LogP contribution >= 0.6 is 11.3 Å². The molecule has 2 rings (SSSR count). The van der Waals surface area contributed by atoms with E-state index in [1.807, 2.05) is 6.92 Å². The van der Waals surface area contributed by atoms with Crippen molar-refractivity contribution in [1.29, 1.82) is 0 Å². The molecule has 0 radical (unpaired) electrons. The first-order valence-corrected chi connectivity index (χ1v) is 6.09. The summed E-state index contributed by atoms with van der Waals surface area (Å²) in [7, 11) is 1.55. The van der Waals surface area contributed by atoms with Gasteiger partial charge in [0.2, 0.25) is 0 Å². The maximum absolute atomic E-state index is 12.0. The number of ether oxygens (including phenoxy) is 1. The first-order chi connectivity index (χ1) is 8.60. The van der Waals surface area contributed by atoms with Gasteiger partial charge in [0.25, 0.3) is 5.91 Å². The normalized spacial score (nSPS) is 10.1. The number of amides is 1. The lowest BCUT2D eigenvalue weighted by Gasteiger charge is -2.07. The van der Waals surface area contributed by atoms with Crippen LogP contribution in [-0.2, 0) is 0 Å². The average Bonchev–Trinajstić information content (AvgIpc) is 2.74. The van der Waals surface area contributed by atoms with Crippen LogP contribution in [0.4, 0.5) is 10.8 Å². The van der Waals surface area contributed by atoms with Crippen LogP contribution in [0, 0.1) is 6.92 Å². The molecular formula is C12H13N3O2S. The second-order valence-electron chi connectivity index (χ2n) is 3.68. The Labute approximate surface area is 109 Å². The largest absolute Gasteiger partial charge is 0.497 e. The molecule has 6 heteroatoms. The molecule has 0 aliphatic carbocycles. The second-order valence-corrected chi connectivity index (χ2v) is 4.92. The first-order valence-electron chi connectivity index (χ1n) is 5.27. The Morgan fingerprint density at radius 1 is 1.50 bits per heavy atom. The van der Waals surface area contributed by atoms with Crippen LogP contribution in [0.5, 0.6) is 5.75 Å². The molecule has 94 valence electrons. The minimum Gasteiger partial charge on any atom is -0.497 e. The number of nitrogen functional groups attached to an aromatic ring is 1. The maximum atomic E-state index is 12.0. The van der Waals surface area contributed by atoms with E-state index in [-0.39, 0.29) is 5.91 Å². The van der Waals surface area contributed by atoms with Crippen molar-refractivity contribution in [3.8, 4) is 5.75 Å². The number of benzene rings is 1. The number of aryl methyl sites for hydroxylation is 1. The molecule has 1 aromatic carbocycles. The third-order valence-electron chi connectivity index (χ3n) is 2.35. The Kier molecular flexibility index (Phi) is 3.47. The molecule has 2 aromatic rings. The van der Waals surface area contributed by atoms with E-state index in [1.165, 1.54) is 11.3 Å². The Hall–Kier alpha value is -2.08. The van der Waals surface area contributed by atoms with Crippen LogP contribution in [0.25, 0.3) is 0 Å². The molecule has 18 heavy (non-hydrogen) atoms. The van der Waals surface area contributed by atoms with Crippen molar-refractivity contribution in [1.82, 2.24) is 4.98 Å². The Morgan fingerprint density at radius 3 is 2.83 bits per heavy atom. The van der Waals surface area contributed by atoms with E-state index in [9.17, 15) is 4.79 Å². The highest BCUT2D eigenvalue weighted by molar-refractivity contribution is 7.15. The third kappa shape index (κ3) is 2.60.